The zero-order valence-corrected chi connectivity index (χ0v) is 19.2. The van der Waals surface area contributed by atoms with E-state index in [2.05, 4.69) is 9.97 Å². The van der Waals surface area contributed by atoms with E-state index in [9.17, 15) is 13.6 Å². The molecule has 31 heavy (non-hydrogen) atoms. The number of thiophene rings is 1. The molecule has 0 saturated heterocycles. The standard InChI is InChI=1S/C23H22F2N2O2S2/c1-13-9-19(22(24)25)27-23(26-13)30-12-17-11-16(6-8-21(17)29-4)5-7-20(28)18-10-14(2)31-15(18)3/h5-11,22H,12H2,1-4H3/b7-5+. The molecule has 0 aliphatic carbocycles. The van der Waals surface area contributed by atoms with Gasteiger partial charge in [0.25, 0.3) is 6.43 Å². The van der Waals surface area contributed by atoms with Gasteiger partial charge in [-0.1, -0.05) is 23.9 Å². The van der Waals surface area contributed by atoms with Crippen LogP contribution < -0.4 is 4.74 Å². The maximum Gasteiger partial charge on any atom is 0.280 e. The van der Waals surface area contributed by atoms with Gasteiger partial charge in [-0.25, -0.2) is 18.7 Å². The number of nitrogens with zero attached hydrogens (tertiary/aromatic N) is 2. The first-order valence-electron chi connectivity index (χ1n) is 9.49. The van der Waals surface area contributed by atoms with Crippen molar-refractivity contribution in [2.24, 2.45) is 0 Å². The number of aryl methyl sites for hydroxylation is 3. The minimum atomic E-state index is -2.64. The third kappa shape index (κ3) is 5.98. The monoisotopic (exact) mass is 460 g/mol. The van der Waals surface area contributed by atoms with E-state index in [1.165, 1.54) is 17.8 Å². The number of aromatic nitrogens is 2. The van der Waals surface area contributed by atoms with Crippen LogP contribution in [0.5, 0.6) is 5.75 Å². The van der Waals surface area contributed by atoms with Crippen LogP contribution in [0.1, 0.15) is 49.1 Å². The second-order valence-corrected chi connectivity index (χ2v) is 9.30. The lowest BCUT2D eigenvalue weighted by atomic mass is 10.1. The number of methoxy groups -OCH3 is 1. The summed E-state index contributed by atoms with van der Waals surface area (Å²) < 4.78 is 31.4. The number of benzene rings is 1. The summed E-state index contributed by atoms with van der Waals surface area (Å²) in [5.74, 6) is 1.07. The molecule has 0 spiro atoms. The highest BCUT2D eigenvalue weighted by Gasteiger charge is 2.13. The lowest BCUT2D eigenvalue weighted by Gasteiger charge is -2.10. The summed E-state index contributed by atoms with van der Waals surface area (Å²) in [6.07, 6.45) is 0.684. The Morgan fingerprint density at radius 3 is 2.61 bits per heavy atom. The first-order chi connectivity index (χ1) is 14.8. The molecule has 4 nitrogen and oxygen atoms in total. The first kappa shape index (κ1) is 23.1. The SMILES string of the molecule is COc1ccc(/C=C/C(=O)c2cc(C)sc2C)cc1CSc1nc(C)cc(C(F)F)n1. The van der Waals surface area contributed by atoms with Crippen LogP contribution in [-0.2, 0) is 5.75 Å². The number of alkyl halides is 2. The van der Waals surface area contributed by atoms with E-state index < -0.39 is 6.43 Å². The van der Waals surface area contributed by atoms with Gasteiger partial charge < -0.3 is 4.74 Å². The number of rotatable bonds is 8. The van der Waals surface area contributed by atoms with Crippen molar-refractivity contribution in [3.8, 4) is 5.75 Å². The topological polar surface area (TPSA) is 52.1 Å². The molecule has 0 aliphatic rings. The number of hydrogen-bond acceptors (Lipinski definition) is 6. The molecule has 0 bridgehead atoms. The number of halogens is 2. The minimum Gasteiger partial charge on any atom is -0.496 e. The number of carbonyl (C=O) groups excluding carboxylic acids is 1. The van der Waals surface area contributed by atoms with E-state index in [0.29, 0.717) is 17.2 Å². The third-order valence-electron chi connectivity index (χ3n) is 4.47. The molecule has 162 valence electrons. The van der Waals surface area contributed by atoms with Crippen molar-refractivity contribution in [3.63, 3.8) is 0 Å². The molecule has 0 N–H and O–H groups in total. The van der Waals surface area contributed by atoms with E-state index in [0.717, 1.165) is 26.4 Å². The van der Waals surface area contributed by atoms with E-state index in [1.807, 2.05) is 38.1 Å². The third-order valence-corrected chi connectivity index (χ3v) is 6.33. The molecule has 0 unspecified atom stereocenters. The van der Waals surface area contributed by atoms with Crippen LogP contribution in [0.25, 0.3) is 6.08 Å². The number of ketones is 1. The molecule has 2 heterocycles. The van der Waals surface area contributed by atoms with E-state index in [1.54, 1.807) is 37.5 Å². The molecule has 0 amide bonds. The largest absolute Gasteiger partial charge is 0.496 e. The van der Waals surface area contributed by atoms with Gasteiger partial charge in [0.1, 0.15) is 11.4 Å². The van der Waals surface area contributed by atoms with Crippen LogP contribution in [-0.4, -0.2) is 22.9 Å². The quantitative estimate of drug-likeness (QED) is 0.164. The van der Waals surface area contributed by atoms with Gasteiger partial charge in [0.05, 0.1) is 7.11 Å². The lowest BCUT2D eigenvalue weighted by Crippen LogP contribution is -1.98. The van der Waals surface area contributed by atoms with Gasteiger partial charge in [0.15, 0.2) is 10.9 Å². The summed E-state index contributed by atoms with van der Waals surface area (Å²) in [6.45, 7) is 5.58. The maximum absolute atomic E-state index is 13.0. The van der Waals surface area contributed by atoms with Crippen molar-refractivity contribution in [1.29, 1.82) is 0 Å². The Kier molecular flexibility index (Phi) is 7.56. The summed E-state index contributed by atoms with van der Waals surface area (Å²) in [4.78, 5) is 22.8. The molecule has 3 aromatic rings. The van der Waals surface area contributed by atoms with Crippen LogP contribution in [0.3, 0.4) is 0 Å². The zero-order valence-electron chi connectivity index (χ0n) is 17.6. The number of allylic oxidation sites excluding steroid dienone is 1. The number of ether oxygens (including phenoxy) is 1. The van der Waals surface area contributed by atoms with E-state index in [-0.39, 0.29) is 16.6 Å². The van der Waals surface area contributed by atoms with Crippen molar-refractivity contribution in [2.45, 2.75) is 38.1 Å². The molecule has 0 fully saturated rings. The normalized spacial score (nSPS) is 11.5. The number of hydrogen-bond donors (Lipinski definition) is 0. The van der Waals surface area contributed by atoms with Crippen LogP contribution in [0.15, 0.2) is 41.6 Å². The fourth-order valence-corrected chi connectivity index (χ4v) is 4.85. The van der Waals surface area contributed by atoms with Gasteiger partial charge in [0.2, 0.25) is 0 Å². The summed E-state index contributed by atoms with van der Waals surface area (Å²) in [5, 5.41) is 0.289. The molecule has 0 radical (unpaired) electrons. The fourth-order valence-electron chi connectivity index (χ4n) is 3.04. The van der Waals surface area contributed by atoms with Crippen molar-refractivity contribution in [2.75, 3.05) is 7.11 Å². The van der Waals surface area contributed by atoms with Gasteiger partial charge in [-0.3, -0.25) is 4.79 Å². The molecular weight excluding hydrogens is 438 g/mol. The second-order valence-electron chi connectivity index (χ2n) is 6.90. The zero-order chi connectivity index (χ0) is 22.5. The van der Waals surface area contributed by atoms with Gasteiger partial charge in [0, 0.05) is 32.3 Å². The molecule has 3 rings (SSSR count). The predicted octanol–water partition coefficient (Wildman–Crippen LogP) is 6.60. The Morgan fingerprint density at radius 1 is 1.19 bits per heavy atom. The lowest BCUT2D eigenvalue weighted by molar-refractivity contribution is 0.104. The molecule has 0 atom stereocenters. The van der Waals surface area contributed by atoms with Crippen molar-refractivity contribution in [3.05, 3.63) is 74.2 Å². The van der Waals surface area contributed by atoms with Crippen LogP contribution in [0.4, 0.5) is 8.78 Å². The van der Waals surface area contributed by atoms with Crippen molar-refractivity contribution >= 4 is 35.0 Å². The second kappa shape index (κ2) is 10.2. The molecule has 0 saturated carbocycles. The highest BCUT2D eigenvalue weighted by Crippen LogP contribution is 2.29. The minimum absolute atomic E-state index is 0.0405. The van der Waals surface area contributed by atoms with Crippen LogP contribution in [0, 0.1) is 20.8 Å². The van der Waals surface area contributed by atoms with Gasteiger partial charge in [-0.2, -0.15) is 0 Å². The average Bonchev–Trinajstić information content (AvgIpc) is 3.08. The Bertz CT molecular complexity index is 1130. The maximum atomic E-state index is 13.0. The molecule has 2 aromatic heterocycles. The molecular formula is C23H22F2N2O2S2. The van der Waals surface area contributed by atoms with E-state index in [4.69, 9.17) is 4.74 Å². The van der Waals surface area contributed by atoms with Crippen LogP contribution in [0.2, 0.25) is 0 Å². The summed E-state index contributed by atoms with van der Waals surface area (Å²) in [5.41, 5.74) is 2.63. The highest BCUT2D eigenvalue weighted by molar-refractivity contribution is 7.98. The molecule has 8 heteroatoms. The molecule has 1 aromatic carbocycles. The fraction of sp³-hybridized carbons (Fsp3) is 0.261. The number of carbonyl (C=O) groups is 1. The van der Waals surface area contributed by atoms with Gasteiger partial charge >= 0.3 is 0 Å². The van der Waals surface area contributed by atoms with E-state index >= 15 is 0 Å². The predicted molar refractivity (Wildman–Crippen MR) is 121 cm³/mol. The Labute approximate surface area is 188 Å². The number of thioether (sulfide) groups is 1. The Morgan fingerprint density at radius 2 is 1.97 bits per heavy atom. The van der Waals surface area contributed by atoms with Gasteiger partial charge in [-0.15, -0.1) is 11.3 Å². The first-order valence-corrected chi connectivity index (χ1v) is 11.3. The summed E-state index contributed by atoms with van der Waals surface area (Å²) in [6, 6.07) is 8.78. The Balaban J connectivity index is 1.78. The smallest absolute Gasteiger partial charge is 0.280 e. The molecule has 0 aliphatic heterocycles. The van der Waals surface area contributed by atoms with Crippen LogP contribution >= 0.6 is 23.1 Å². The summed E-state index contributed by atoms with van der Waals surface area (Å²) >= 11 is 2.86. The summed E-state index contributed by atoms with van der Waals surface area (Å²) in [7, 11) is 1.57. The Hall–Kier alpha value is -2.58. The highest BCUT2D eigenvalue weighted by atomic mass is 32.2. The average molecular weight is 461 g/mol. The van der Waals surface area contributed by atoms with Gasteiger partial charge in [-0.05, 0) is 56.7 Å². The van der Waals surface area contributed by atoms with Crippen molar-refractivity contribution < 1.29 is 18.3 Å². The van der Waals surface area contributed by atoms with Crippen molar-refractivity contribution in [1.82, 2.24) is 9.97 Å².